The van der Waals surface area contributed by atoms with E-state index in [-0.39, 0.29) is 17.6 Å². The number of hydroxylamine groups is 2. The molecule has 0 atom stereocenters. The van der Waals surface area contributed by atoms with Crippen molar-refractivity contribution in [1.82, 2.24) is 19.4 Å². The molecular formula is C23H21ClN6O3. The maximum Gasteiger partial charge on any atom is 0.345 e. The zero-order valence-corrected chi connectivity index (χ0v) is 18.9. The normalized spacial score (nSPS) is 10.8. The Kier molecular flexibility index (Phi) is 6.25. The van der Waals surface area contributed by atoms with Crippen molar-refractivity contribution >= 4 is 40.6 Å². The first kappa shape index (κ1) is 22.3. The van der Waals surface area contributed by atoms with Gasteiger partial charge in [0.1, 0.15) is 5.69 Å². The minimum atomic E-state index is -0.390. The highest BCUT2D eigenvalue weighted by Gasteiger charge is 2.17. The molecule has 0 saturated carbocycles. The molecule has 2 heterocycles. The Morgan fingerprint density at radius 3 is 2.36 bits per heavy atom. The van der Waals surface area contributed by atoms with Crippen molar-refractivity contribution in [1.29, 1.82) is 0 Å². The Labute approximate surface area is 195 Å². The Bertz CT molecular complexity index is 1300. The van der Waals surface area contributed by atoms with E-state index in [0.717, 1.165) is 16.3 Å². The van der Waals surface area contributed by atoms with Crippen molar-refractivity contribution in [3.63, 3.8) is 0 Å². The lowest BCUT2D eigenvalue weighted by Gasteiger charge is -2.17. The fourth-order valence-electron chi connectivity index (χ4n) is 3.18. The van der Waals surface area contributed by atoms with Crippen LogP contribution in [0.2, 0.25) is 5.02 Å². The van der Waals surface area contributed by atoms with E-state index in [9.17, 15) is 9.59 Å². The molecule has 0 radical (unpaired) electrons. The molecule has 3 amide bonds. The first-order chi connectivity index (χ1) is 15.9. The van der Waals surface area contributed by atoms with Crippen LogP contribution in [-0.2, 0) is 4.84 Å². The molecule has 0 saturated heterocycles. The summed E-state index contributed by atoms with van der Waals surface area (Å²) >= 11 is 5.94. The third-order valence-electron chi connectivity index (χ3n) is 5.13. The summed E-state index contributed by atoms with van der Waals surface area (Å²) < 4.78 is 1.81. The highest BCUT2D eigenvalue weighted by atomic mass is 35.5. The van der Waals surface area contributed by atoms with Gasteiger partial charge in [0.15, 0.2) is 5.65 Å². The standard InChI is InChI=1S/C23H21ClN6O3/c1-28(18-10-6-16(24)7-11-18)22(31)19-14-30-20(12-26-21(30)13-25-19)15-4-8-17(9-5-15)27-23(32)29(2)33-3/h4-14H,1-3H3,(H,27,32). The number of hydrogen-bond donors (Lipinski definition) is 1. The number of halogens is 1. The molecule has 168 valence electrons. The average molecular weight is 465 g/mol. The summed E-state index contributed by atoms with van der Waals surface area (Å²) in [5.41, 5.74) is 3.83. The predicted molar refractivity (Wildman–Crippen MR) is 126 cm³/mol. The molecule has 1 N–H and O–H groups in total. The highest BCUT2D eigenvalue weighted by molar-refractivity contribution is 6.30. The summed E-state index contributed by atoms with van der Waals surface area (Å²) in [5, 5.41) is 4.41. The summed E-state index contributed by atoms with van der Waals surface area (Å²) in [4.78, 5) is 40.0. The van der Waals surface area contributed by atoms with Crippen molar-refractivity contribution in [3.05, 3.63) is 77.8 Å². The second-order valence-electron chi connectivity index (χ2n) is 7.17. The molecule has 0 aliphatic carbocycles. The largest absolute Gasteiger partial charge is 0.345 e. The molecule has 0 spiro atoms. The number of fused-ring (bicyclic) bond motifs is 1. The van der Waals surface area contributed by atoms with Gasteiger partial charge in [0.25, 0.3) is 5.91 Å². The summed E-state index contributed by atoms with van der Waals surface area (Å²) in [6.07, 6.45) is 4.93. The third-order valence-corrected chi connectivity index (χ3v) is 5.38. The number of benzene rings is 2. The number of amides is 3. The zero-order valence-electron chi connectivity index (χ0n) is 18.2. The van der Waals surface area contributed by atoms with Crippen LogP contribution in [0.3, 0.4) is 0 Å². The second-order valence-corrected chi connectivity index (χ2v) is 7.61. The third kappa shape index (κ3) is 4.64. The van der Waals surface area contributed by atoms with Crippen LogP contribution in [0.15, 0.2) is 67.1 Å². The van der Waals surface area contributed by atoms with Crippen molar-refractivity contribution in [3.8, 4) is 11.3 Å². The number of anilines is 2. The molecule has 33 heavy (non-hydrogen) atoms. The van der Waals surface area contributed by atoms with Gasteiger partial charge in [-0.05, 0) is 36.4 Å². The van der Waals surface area contributed by atoms with Crippen molar-refractivity contribution in [2.45, 2.75) is 0 Å². The van der Waals surface area contributed by atoms with Crippen LogP contribution in [0.4, 0.5) is 16.2 Å². The Morgan fingerprint density at radius 2 is 1.70 bits per heavy atom. The van der Waals surface area contributed by atoms with Crippen molar-refractivity contribution < 1.29 is 14.4 Å². The first-order valence-corrected chi connectivity index (χ1v) is 10.3. The van der Waals surface area contributed by atoms with Gasteiger partial charge in [-0.25, -0.2) is 19.8 Å². The number of carbonyl (C=O) groups is 2. The number of hydrogen-bond acceptors (Lipinski definition) is 5. The maximum atomic E-state index is 13.0. The smallest absolute Gasteiger partial charge is 0.310 e. The summed E-state index contributed by atoms with van der Waals surface area (Å²) in [6, 6.07) is 13.9. The lowest BCUT2D eigenvalue weighted by molar-refractivity contribution is -0.0598. The van der Waals surface area contributed by atoms with Crippen LogP contribution in [0.5, 0.6) is 0 Å². The van der Waals surface area contributed by atoms with Crippen LogP contribution in [-0.4, -0.2) is 52.6 Å². The maximum absolute atomic E-state index is 13.0. The van der Waals surface area contributed by atoms with Gasteiger partial charge in [0.2, 0.25) is 0 Å². The van der Waals surface area contributed by atoms with Gasteiger partial charge in [0.05, 0.1) is 25.2 Å². The molecule has 2 aromatic heterocycles. The first-order valence-electron chi connectivity index (χ1n) is 9.93. The number of imidazole rings is 1. The van der Waals surface area contributed by atoms with Crippen molar-refractivity contribution in [2.75, 3.05) is 31.4 Å². The van der Waals surface area contributed by atoms with E-state index in [4.69, 9.17) is 16.4 Å². The molecule has 0 unspecified atom stereocenters. The minimum absolute atomic E-state index is 0.265. The molecule has 0 aliphatic rings. The zero-order chi connectivity index (χ0) is 23.5. The van der Waals surface area contributed by atoms with Crippen LogP contribution >= 0.6 is 11.6 Å². The van der Waals surface area contributed by atoms with Crippen LogP contribution in [0, 0.1) is 0 Å². The molecule has 4 rings (SSSR count). The van der Waals surface area contributed by atoms with E-state index < -0.39 is 0 Å². The number of urea groups is 1. The van der Waals surface area contributed by atoms with Gasteiger partial charge < -0.3 is 10.2 Å². The Balaban J connectivity index is 1.60. The number of aromatic nitrogens is 3. The summed E-state index contributed by atoms with van der Waals surface area (Å²) in [5.74, 6) is -0.265. The lowest BCUT2D eigenvalue weighted by Crippen LogP contribution is -2.30. The molecule has 2 aromatic carbocycles. The molecule has 9 nitrogen and oxygen atoms in total. The number of nitrogens with one attached hydrogen (secondary N) is 1. The van der Waals surface area contributed by atoms with E-state index in [2.05, 4.69) is 15.3 Å². The molecule has 4 aromatic rings. The Hall–Kier alpha value is -3.95. The minimum Gasteiger partial charge on any atom is -0.310 e. The highest BCUT2D eigenvalue weighted by Crippen LogP contribution is 2.24. The molecule has 10 heteroatoms. The lowest BCUT2D eigenvalue weighted by atomic mass is 10.1. The Morgan fingerprint density at radius 1 is 1.00 bits per heavy atom. The van der Waals surface area contributed by atoms with Gasteiger partial charge >= 0.3 is 6.03 Å². The second kappa shape index (κ2) is 9.27. The van der Waals surface area contributed by atoms with E-state index >= 15 is 0 Å². The topological polar surface area (TPSA) is 92.1 Å². The molecular weight excluding hydrogens is 444 g/mol. The van der Waals surface area contributed by atoms with E-state index in [1.54, 1.807) is 62.0 Å². The van der Waals surface area contributed by atoms with Crippen LogP contribution in [0.25, 0.3) is 16.9 Å². The van der Waals surface area contributed by atoms with Gasteiger partial charge in [-0.3, -0.25) is 14.0 Å². The van der Waals surface area contributed by atoms with Gasteiger partial charge in [-0.15, -0.1) is 0 Å². The molecule has 0 bridgehead atoms. The monoisotopic (exact) mass is 464 g/mol. The average Bonchev–Trinajstić information content (AvgIpc) is 3.26. The van der Waals surface area contributed by atoms with Gasteiger partial charge in [-0.1, -0.05) is 23.7 Å². The van der Waals surface area contributed by atoms with Crippen LogP contribution in [0.1, 0.15) is 10.5 Å². The van der Waals surface area contributed by atoms with E-state index in [0.29, 0.717) is 22.0 Å². The van der Waals surface area contributed by atoms with Crippen molar-refractivity contribution in [2.24, 2.45) is 0 Å². The predicted octanol–water partition coefficient (Wildman–Crippen LogP) is 4.35. The number of carbonyl (C=O) groups excluding carboxylic acids is 2. The fraction of sp³-hybridized carbons (Fsp3) is 0.130. The van der Waals surface area contributed by atoms with Gasteiger partial charge in [-0.2, -0.15) is 0 Å². The SMILES string of the molecule is CON(C)C(=O)Nc1ccc(-c2cnc3cnc(C(=O)N(C)c4ccc(Cl)cc4)cn23)cc1. The molecule has 0 fully saturated rings. The number of rotatable bonds is 5. The summed E-state index contributed by atoms with van der Waals surface area (Å²) in [7, 11) is 4.61. The van der Waals surface area contributed by atoms with E-state index in [1.165, 1.54) is 19.1 Å². The summed E-state index contributed by atoms with van der Waals surface area (Å²) in [6.45, 7) is 0. The van der Waals surface area contributed by atoms with E-state index in [1.807, 2.05) is 16.5 Å². The quantitative estimate of drug-likeness (QED) is 0.443. The fourth-order valence-corrected chi connectivity index (χ4v) is 3.30. The van der Waals surface area contributed by atoms with Crippen LogP contribution < -0.4 is 10.2 Å². The number of nitrogens with zero attached hydrogens (tertiary/aromatic N) is 5. The molecule has 0 aliphatic heterocycles. The van der Waals surface area contributed by atoms with Gasteiger partial charge in [0, 0.05) is 42.3 Å².